The summed E-state index contributed by atoms with van der Waals surface area (Å²) in [4.78, 5) is 29.0. The molecular weight excluding hydrogens is 356 g/mol. The van der Waals surface area contributed by atoms with Gasteiger partial charge >= 0.3 is 5.97 Å². The number of hydrogen-bond acceptors (Lipinski definition) is 3. The topological polar surface area (TPSA) is 82.1 Å². The third kappa shape index (κ3) is 2.96. The van der Waals surface area contributed by atoms with E-state index in [0.717, 1.165) is 24.2 Å². The first-order valence-corrected chi connectivity index (χ1v) is 9.59. The maximum atomic E-state index is 13.3. The fourth-order valence-corrected chi connectivity index (χ4v) is 4.23. The number of hydrogen-bond donors (Lipinski definition) is 1. The van der Waals surface area contributed by atoms with Crippen molar-refractivity contribution in [3.8, 4) is 17.1 Å². The fourth-order valence-electron chi connectivity index (χ4n) is 4.23. The van der Waals surface area contributed by atoms with Gasteiger partial charge in [0.15, 0.2) is 0 Å². The van der Waals surface area contributed by atoms with Gasteiger partial charge in [-0.1, -0.05) is 18.2 Å². The van der Waals surface area contributed by atoms with E-state index in [1.165, 1.54) is 0 Å². The van der Waals surface area contributed by atoms with Gasteiger partial charge in [-0.25, -0.2) is 9.67 Å². The van der Waals surface area contributed by atoms with E-state index in [0.29, 0.717) is 24.2 Å². The van der Waals surface area contributed by atoms with Gasteiger partial charge in [-0.3, -0.25) is 14.3 Å². The van der Waals surface area contributed by atoms with Crippen LogP contribution in [-0.2, 0) is 11.8 Å². The molecule has 1 aliphatic carbocycles. The van der Waals surface area contributed by atoms with Crippen molar-refractivity contribution in [2.75, 3.05) is 0 Å². The summed E-state index contributed by atoms with van der Waals surface area (Å²) in [5, 5.41) is 9.24. The average molecular weight is 380 g/mol. The number of imidazole rings is 1. The highest BCUT2D eigenvalue weighted by Crippen LogP contribution is 2.35. The number of aliphatic carboxylic acids is 1. The normalized spacial score (nSPS) is 19.6. The van der Waals surface area contributed by atoms with Crippen LogP contribution in [0.4, 0.5) is 0 Å². The van der Waals surface area contributed by atoms with Crippen molar-refractivity contribution in [2.24, 2.45) is 13.0 Å². The summed E-state index contributed by atoms with van der Waals surface area (Å²) >= 11 is 0. The van der Waals surface area contributed by atoms with Crippen LogP contribution in [-0.4, -0.2) is 30.0 Å². The van der Waals surface area contributed by atoms with E-state index in [2.05, 4.69) is 9.55 Å². The van der Waals surface area contributed by atoms with E-state index in [4.69, 9.17) is 0 Å². The van der Waals surface area contributed by atoms with Crippen LogP contribution in [0.1, 0.15) is 37.4 Å². The monoisotopic (exact) mass is 380 g/mol. The van der Waals surface area contributed by atoms with Crippen LogP contribution in [0.2, 0.25) is 0 Å². The van der Waals surface area contributed by atoms with Gasteiger partial charge in [-0.05, 0) is 44.7 Å². The molecule has 1 N–H and O–H groups in total. The average Bonchev–Trinajstić information content (AvgIpc) is 3.25. The predicted octanol–water partition coefficient (Wildman–Crippen LogP) is 3.16. The number of aromatic nitrogens is 4. The van der Waals surface area contributed by atoms with Gasteiger partial charge in [-0.15, -0.1) is 0 Å². The first kappa shape index (κ1) is 18.3. The van der Waals surface area contributed by atoms with Crippen molar-refractivity contribution in [2.45, 2.75) is 38.6 Å². The van der Waals surface area contributed by atoms with Gasteiger partial charge < -0.3 is 9.67 Å². The Morgan fingerprint density at radius 2 is 1.82 bits per heavy atom. The van der Waals surface area contributed by atoms with E-state index in [1.54, 1.807) is 10.9 Å². The van der Waals surface area contributed by atoms with Crippen LogP contribution >= 0.6 is 0 Å². The molecule has 1 aromatic carbocycles. The Morgan fingerprint density at radius 1 is 1.14 bits per heavy atom. The molecule has 0 radical (unpaired) electrons. The zero-order valence-corrected chi connectivity index (χ0v) is 16.1. The molecule has 0 spiro atoms. The van der Waals surface area contributed by atoms with E-state index in [9.17, 15) is 14.7 Å². The molecule has 0 saturated heterocycles. The fraction of sp³-hybridized carbons (Fsp3) is 0.381. The molecule has 2 heterocycles. The molecule has 7 nitrogen and oxygen atoms in total. The highest BCUT2D eigenvalue weighted by atomic mass is 16.4. The number of carboxylic acids is 1. The minimum absolute atomic E-state index is 0.0992. The van der Waals surface area contributed by atoms with Crippen molar-refractivity contribution >= 4 is 5.97 Å². The first-order valence-electron chi connectivity index (χ1n) is 9.59. The minimum Gasteiger partial charge on any atom is -0.481 e. The zero-order valence-electron chi connectivity index (χ0n) is 16.1. The second-order valence-corrected chi connectivity index (χ2v) is 7.44. The van der Waals surface area contributed by atoms with Gasteiger partial charge in [0.25, 0.3) is 5.56 Å². The number of carbonyl (C=O) groups is 1. The van der Waals surface area contributed by atoms with Crippen molar-refractivity contribution in [3.05, 3.63) is 58.8 Å². The van der Waals surface area contributed by atoms with Crippen molar-refractivity contribution in [1.29, 1.82) is 0 Å². The Balaban J connectivity index is 1.74. The molecule has 0 atom stereocenters. The standard InChI is InChI=1S/C21H24N4O3/c1-14-18(20(26)25(23(14)2)17-6-4-3-5-7-17)19-22-12-13-24(19)16-10-8-15(9-11-16)21(27)28/h3-7,12-13,15-16H,8-11H2,1-2H3,(H,27,28). The van der Waals surface area contributed by atoms with Crippen LogP contribution in [0.15, 0.2) is 47.5 Å². The number of rotatable bonds is 4. The molecule has 1 aliphatic rings. The van der Waals surface area contributed by atoms with Gasteiger partial charge in [0.2, 0.25) is 0 Å². The third-order valence-corrected chi connectivity index (χ3v) is 5.89. The number of nitrogens with zero attached hydrogens (tertiary/aromatic N) is 4. The Hall–Kier alpha value is -3.09. The number of para-hydroxylation sites is 1. The second-order valence-electron chi connectivity index (χ2n) is 7.44. The lowest BCUT2D eigenvalue weighted by Gasteiger charge is -2.28. The molecule has 28 heavy (non-hydrogen) atoms. The molecule has 1 saturated carbocycles. The Kier molecular flexibility index (Phi) is 4.66. The van der Waals surface area contributed by atoms with Gasteiger partial charge in [0.05, 0.1) is 11.6 Å². The molecular formula is C21H24N4O3. The summed E-state index contributed by atoms with van der Waals surface area (Å²) in [6.45, 7) is 1.93. The van der Waals surface area contributed by atoms with Crippen LogP contribution in [0.5, 0.6) is 0 Å². The van der Waals surface area contributed by atoms with E-state index < -0.39 is 5.97 Å². The molecule has 0 unspecified atom stereocenters. The number of benzene rings is 1. The molecule has 4 rings (SSSR count). The molecule has 0 aliphatic heterocycles. The zero-order chi connectivity index (χ0) is 19.8. The van der Waals surface area contributed by atoms with Crippen molar-refractivity contribution in [3.63, 3.8) is 0 Å². The summed E-state index contributed by atoms with van der Waals surface area (Å²) in [7, 11) is 1.87. The van der Waals surface area contributed by atoms with Crippen LogP contribution in [0, 0.1) is 12.8 Å². The SMILES string of the molecule is Cc1c(-c2nccn2C2CCC(C(=O)O)CC2)c(=O)n(-c2ccccc2)n1C. The molecule has 146 valence electrons. The van der Waals surface area contributed by atoms with Gasteiger partial charge in [-0.2, -0.15) is 0 Å². The maximum Gasteiger partial charge on any atom is 0.306 e. The van der Waals surface area contributed by atoms with Crippen LogP contribution in [0.3, 0.4) is 0 Å². The number of carboxylic acid groups (broad SMARTS) is 1. The van der Waals surface area contributed by atoms with E-state index in [-0.39, 0.29) is 17.5 Å². The Morgan fingerprint density at radius 3 is 2.46 bits per heavy atom. The highest BCUT2D eigenvalue weighted by Gasteiger charge is 2.29. The van der Waals surface area contributed by atoms with Crippen LogP contribution < -0.4 is 5.56 Å². The summed E-state index contributed by atoms with van der Waals surface area (Å²) in [5.74, 6) is -0.322. The maximum absolute atomic E-state index is 13.3. The summed E-state index contributed by atoms with van der Waals surface area (Å²) < 4.78 is 5.56. The summed E-state index contributed by atoms with van der Waals surface area (Å²) in [6, 6.07) is 9.72. The van der Waals surface area contributed by atoms with E-state index >= 15 is 0 Å². The lowest BCUT2D eigenvalue weighted by atomic mass is 9.86. The van der Waals surface area contributed by atoms with Crippen molar-refractivity contribution in [1.82, 2.24) is 18.9 Å². The molecule has 2 aromatic heterocycles. The largest absolute Gasteiger partial charge is 0.481 e. The van der Waals surface area contributed by atoms with Gasteiger partial charge in [0.1, 0.15) is 11.4 Å². The second kappa shape index (κ2) is 7.14. The van der Waals surface area contributed by atoms with Crippen molar-refractivity contribution < 1.29 is 9.90 Å². The quantitative estimate of drug-likeness (QED) is 0.754. The molecule has 0 bridgehead atoms. The molecule has 7 heteroatoms. The Bertz CT molecular complexity index is 1050. The third-order valence-electron chi connectivity index (χ3n) is 5.89. The highest BCUT2D eigenvalue weighted by molar-refractivity contribution is 5.70. The predicted molar refractivity (Wildman–Crippen MR) is 106 cm³/mol. The van der Waals surface area contributed by atoms with Gasteiger partial charge in [0, 0.05) is 31.2 Å². The molecule has 0 amide bonds. The molecule has 3 aromatic rings. The lowest BCUT2D eigenvalue weighted by Crippen LogP contribution is -2.24. The van der Waals surface area contributed by atoms with Crippen LogP contribution in [0.25, 0.3) is 17.1 Å². The molecule has 1 fully saturated rings. The first-order chi connectivity index (χ1) is 13.5. The lowest BCUT2D eigenvalue weighted by molar-refractivity contribution is -0.143. The van der Waals surface area contributed by atoms with E-state index in [1.807, 2.05) is 55.2 Å². The summed E-state index contributed by atoms with van der Waals surface area (Å²) in [6.07, 6.45) is 6.48. The minimum atomic E-state index is -0.714. The summed E-state index contributed by atoms with van der Waals surface area (Å²) in [5.41, 5.74) is 2.15. The smallest absolute Gasteiger partial charge is 0.306 e. The Labute approximate surface area is 162 Å².